The molecule has 3 nitrogen and oxygen atoms in total. The van der Waals surface area contributed by atoms with E-state index in [9.17, 15) is 4.79 Å². The molecule has 1 aromatic carbocycles. The number of esters is 1. The zero-order valence-electron chi connectivity index (χ0n) is 7.01. The van der Waals surface area contributed by atoms with Gasteiger partial charge in [0.1, 0.15) is 6.10 Å². The van der Waals surface area contributed by atoms with Gasteiger partial charge in [0, 0.05) is 6.42 Å². The van der Waals surface area contributed by atoms with Gasteiger partial charge in [0.05, 0.1) is 0 Å². The highest BCUT2D eigenvalue weighted by Crippen LogP contribution is 2.29. The van der Waals surface area contributed by atoms with Crippen LogP contribution in [0.4, 0.5) is 0 Å². The summed E-state index contributed by atoms with van der Waals surface area (Å²) in [4.78, 5) is 10.9. The second-order valence-corrected chi connectivity index (χ2v) is 3.09. The molecule has 2 rings (SSSR count). The Morgan fingerprint density at radius 1 is 1.31 bits per heavy atom. The van der Waals surface area contributed by atoms with Gasteiger partial charge in [-0.15, -0.1) is 0 Å². The van der Waals surface area contributed by atoms with Crippen LogP contribution >= 0.6 is 0 Å². The van der Waals surface area contributed by atoms with Gasteiger partial charge >= 0.3 is 5.97 Å². The van der Waals surface area contributed by atoms with Gasteiger partial charge in [-0.3, -0.25) is 0 Å². The van der Waals surface area contributed by atoms with E-state index in [2.05, 4.69) is 0 Å². The zero-order valence-corrected chi connectivity index (χ0v) is 7.01. The molecule has 0 aromatic heterocycles. The molecular weight excluding hydrogens is 168 g/mol. The molecule has 0 radical (unpaired) electrons. The molecule has 0 amide bonds. The van der Waals surface area contributed by atoms with E-state index in [1.165, 1.54) is 0 Å². The number of benzene rings is 1. The van der Waals surface area contributed by atoms with E-state index in [-0.39, 0.29) is 6.10 Å². The molecule has 1 N–H and O–H groups in total. The Bertz CT molecular complexity index is 307. The Morgan fingerprint density at radius 2 is 2.00 bits per heavy atom. The quantitative estimate of drug-likeness (QED) is 0.653. The monoisotopic (exact) mass is 178 g/mol. The van der Waals surface area contributed by atoms with Crippen LogP contribution < -0.4 is 0 Å². The van der Waals surface area contributed by atoms with Crippen LogP contribution in [0.2, 0.25) is 0 Å². The van der Waals surface area contributed by atoms with Gasteiger partial charge in [0.25, 0.3) is 0 Å². The summed E-state index contributed by atoms with van der Waals surface area (Å²) >= 11 is 0. The SMILES string of the molecule is O=C1O[C@H](c2ccccc2)C[C@@H]1O. The van der Waals surface area contributed by atoms with Gasteiger partial charge in [-0.2, -0.15) is 0 Å². The van der Waals surface area contributed by atoms with Crippen molar-refractivity contribution in [3.63, 3.8) is 0 Å². The first kappa shape index (κ1) is 8.26. The average Bonchev–Trinajstić information content (AvgIpc) is 2.49. The molecule has 1 aliphatic rings. The first-order valence-corrected chi connectivity index (χ1v) is 4.21. The number of hydrogen-bond acceptors (Lipinski definition) is 3. The summed E-state index contributed by atoms with van der Waals surface area (Å²) in [6.45, 7) is 0. The molecule has 2 atom stereocenters. The fourth-order valence-electron chi connectivity index (χ4n) is 1.44. The molecule has 13 heavy (non-hydrogen) atoms. The number of carbonyl (C=O) groups excluding carboxylic acids is 1. The molecule has 0 spiro atoms. The summed E-state index contributed by atoms with van der Waals surface area (Å²) < 4.78 is 4.97. The van der Waals surface area contributed by atoms with Crippen LogP contribution in [0.25, 0.3) is 0 Å². The van der Waals surface area contributed by atoms with E-state index >= 15 is 0 Å². The van der Waals surface area contributed by atoms with E-state index in [0.717, 1.165) is 5.56 Å². The standard InChI is InChI=1S/C10H10O3/c11-8-6-9(13-10(8)12)7-4-2-1-3-5-7/h1-5,8-9,11H,6H2/t8-,9-/m0/s1. The van der Waals surface area contributed by atoms with Crippen molar-refractivity contribution in [2.24, 2.45) is 0 Å². The van der Waals surface area contributed by atoms with Gasteiger partial charge in [0.2, 0.25) is 0 Å². The molecule has 3 heteroatoms. The number of hydrogen-bond donors (Lipinski definition) is 1. The number of cyclic esters (lactones) is 1. The van der Waals surface area contributed by atoms with Crippen molar-refractivity contribution in [1.29, 1.82) is 0 Å². The van der Waals surface area contributed by atoms with E-state index in [1.807, 2.05) is 30.3 Å². The maximum Gasteiger partial charge on any atom is 0.335 e. The van der Waals surface area contributed by atoms with Gasteiger partial charge in [-0.05, 0) is 5.56 Å². The normalized spacial score (nSPS) is 27.3. The molecule has 1 fully saturated rings. The van der Waals surface area contributed by atoms with Crippen molar-refractivity contribution in [1.82, 2.24) is 0 Å². The summed E-state index contributed by atoms with van der Waals surface area (Å²) in [7, 11) is 0. The number of carbonyl (C=O) groups is 1. The van der Waals surface area contributed by atoms with Crippen molar-refractivity contribution in [3.8, 4) is 0 Å². The molecule has 0 aliphatic carbocycles. The maximum absolute atomic E-state index is 10.9. The lowest BCUT2D eigenvalue weighted by molar-refractivity contribution is -0.147. The van der Waals surface area contributed by atoms with E-state index in [1.54, 1.807) is 0 Å². The minimum atomic E-state index is -0.954. The van der Waals surface area contributed by atoms with E-state index < -0.39 is 12.1 Å². The van der Waals surface area contributed by atoms with Crippen LogP contribution in [0.3, 0.4) is 0 Å². The molecule has 68 valence electrons. The topological polar surface area (TPSA) is 46.5 Å². The molecule has 1 aromatic rings. The van der Waals surface area contributed by atoms with Gasteiger partial charge < -0.3 is 9.84 Å². The lowest BCUT2D eigenvalue weighted by Gasteiger charge is -2.07. The Kier molecular flexibility index (Phi) is 2.02. The Labute approximate surface area is 76.0 Å². The highest BCUT2D eigenvalue weighted by atomic mass is 16.6. The minimum absolute atomic E-state index is 0.274. The first-order chi connectivity index (χ1) is 6.27. The summed E-state index contributed by atoms with van der Waals surface area (Å²) in [6, 6.07) is 9.43. The Hall–Kier alpha value is -1.35. The van der Waals surface area contributed by atoms with Gasteiger partial charge in [-0.25, -0.2) is 4.79 Å². The fraction of sp³-hybridized carbons (Fsp3) is 0.300. The summed E-state index contributed by atoms with van der Waals surface area (Å²) in [6.07, 6.45) is -0.864. The highest BCUT2D eigenvalue weighted by molar-refractivity contribution is 5.76. The third-order valence-electron chi connectivity index (χ3n) is 2.14. The largest absolute Gasteiger partial charge is 0.455 e. The number of aliphatic hydroxyl groups excluding tert-OH is 1. The lowest BCUT2D eigenvalue weighted by Crippen LogP contribution is -2.11. The smallest absolute Gasteiger partial charge is 0.335 e. The fourth-order valence-corrected chi connectivity index (χ4v) is 1.44. The zero-order chi connectivity index (χ0) is 9.26. The molecule has 1 heterocycles. The summed E-state index contributed by atoms with van der Waals surface area (Å²) in [5.74, 6) is -0.520. The van der Waals surface area contributed by atoms with Crippen molar-refractivity contribution in [2.75, 3.05) is 0 Å². The summed E-state index contributed by atoms with van der Waals surface area (Å²) in [5.41, 5.74) is 0.937. The molecule has 0 unspecified atom stereocenters. The highest BCUT2D eigenvalue weighted by Gasteiger charge is 2.33. The minimum Gasteiger partial charge on any atom is -0.455 e. The number of rotatable bonds is 1. The molecule has 1 aliphatic heterocycles. The summed E-state index contributed by atoms with van der Waals surface area (Å²) in [5, 5.41) is 9.15. The Balaban J connectivity index is 2.17. The van der Waals surface area contributed by atoms with Crippen molar-refractivity contribution in [3.05, 3.63) is 35.9 Å². The van der Waals surface area contributed by atoms with Gasteiger partial charge in [0.15, 0.2) is 6.10 Å². The molecule has 0 saturated carbocycles. The lowest BCUT2D eigenvalue weighted by atomic mass is 10.1. The van der Waals surface area contributed by atoms with Crippen LogP contribution in [0.5, 0.6) is 0 Å². The van der Waals surface area contributed by atoms with E-state index in [4.69, 9.17) is 9.84 Å². The van der Waals surface area contributed by atoms with Crippen LogP contribution in [-0.4, -0.2) is 17.2 Å². The van der Waals surface area contributed by atoms with Crippen molar-refractivity contribution < 1.29 is 14.6 Å². The second kappa shape index (κ2) is 3.18. The number of ether oxygens (including phenoxy) is 1. The molecule has 1 saturated heterocycles. The maximum atomic E-state index is 10.9. The first-order valence-electron chi connectivity index (χ1n) is 4.21. The van der Waals surface area contributed by atoms with Crippen LogP contribution in [-0.2, 0) is 9.53 Å². The third kappa shape index (κ3) is 1.55. The predicted molar refractivity (Wildman–Crippen MR) is 45.9 cm³/mol. The molecule has 0 bridgehead atoms. The predicted octanol–water partition coefficient (Wildman–Crippen LogP) is 1.04. The second-order valence-electron chi connectivity index (χ2n) is 3.09. The number of aliphatic hydroxyl groups is 1. The van der Waals surface area contributed by atoms with Crippen molar-refractivity contribution in [2.45, 2.75) is 18.6 Å². The average molecular weight is 178 g/mol. The van der Waals surface area contributed by atoms with Crippen molar-refractivity contribution >= 4 is 5.97 Å². The van der Waals surface area contributed by atoms with E-state index in [0.29, 0.717) is 6.42 Å². The molecular formula is C10H10O3. The van der Waals surface area contributed by atoms with Crippen LogP contribution in [0.1, 0.15) is 18.1 Å². The third-order valence-corrected chi connectivity index (χ3v) is 2.14. The Morgan fingerprint density at radius 3 is 2.54 bits per heavy atom. The van der Waals surface area contributed by atoms with Gasteiger partial charge in [-0.1, -0.05) is 30.3 Å². The van der Waals surface area contributed by atoms with Crippen LogP contribution in [0.15, 0.2) is 30.3 Å². The van der Waals surface area contributed by atoms with Crippen LogP contribution in [0, 0.1) is 0 Å².